The summed E-state index contributed by atoms with van der Waals surface area (Å²) < 4.78 is 16.2. The summed E-state index contributed by atoms with van der Waals surface area (Å²) in [5.74, 6) is -1.50. The molecule has 2 aliphatic rings. The van der Waals surface area contributed by atoms with E-state index in [1.54, 1.807) is 25.1 Å². The first-order valence-corrected chi connectivity index (χ1v) is 8.63. The van der Waals surface area contributed by atoms with Crippen LogP contribution in [0.4, 0.5) is 5.69 Å². The summed E-state index contributed by atoms with van der Waals surface area (Å²) in [5.41, 5.74) is 3.76. The molecule has 27 heavy (non-hydrogen) atoms. The number of anilines is 1. The molecule has 1 unspecified atom stereocenters. The molecule has 1 spiro atoms. The molecule has 8 nitrogen and oxygen atoms in total. The summed E-state index contributed by atoms with van der Waals surface area (Å²) in [6, 6.07) is 6.46. The maximum absolute atomic E-state index is 13.2. The summed E-state index contributed by atoms with van der Waals surface area (Å²) in [4.78, 5) is 38.6. The van der Waals surface area contributed by atoms with Crippen LogP contribution in [0.5, 0.6) is 5.75 Å². The second kappa shape index (κ2) is 5.71. The maximum Gasteiger partial charge on any atom is 0.344 e. The van der Waals surface area contributed by atoms with Crippen molar-refractivity contribution in [2.75, 3.05) is 12.4 Å². The lowest BCUT2D eigenvalue weighted by molar-refractivity contribution is -0.138. The lowest BCUT2D eigenvalue weighted by Crippen LogP contribution is -2.48. The molecule has 0 radical (unpaired) electrons. The average molecular weight is 433 g/mol. The number of methoxy groups -OCH3 is 1. The van der Waals surface area contributed by atoms with Gasteiger partial charge in [0, 0.05) is 21.8 Å². The fourth-order valence-corrected chi connectivity index (χ4v) is 3.97. The minimum Gasteiger partial charge on any atom is -0.465 e. The molecular formula is C18H13BrN2O6. The number of carbonyl (C=O) groups is 2. The quantitative estimate of drug-likeness (QED) is 0.657. The number of ether oxygens (including phenoxy) is 2. The first kappa shape index (κ1) is 17.3. The van der Waals surface area contributed by atoms with Gasteiger partial charge in [-0.2, -0.15) is 0 Å². The Morgan fingerprint density at radius 2 is 2.04 bits per heavy atom. The Morgan fingerprint density at radius 3 is 2.74 bits per heavy atom. The molecule has 1 aromatic carbocycles. The van der Waals surface area contributed by atoms with Gasteiger partial charge < -0.3 is 24.9 Å². The number of aryl methyl sites for hydroxylation is 1. The third-order valence-corrected chi connectivity index (χ3v) is 5.11. The van der Waals surface area contributed by atoms with E-state index in [1.165, 1.54) is 6.07 Å². The van der Waals surface area contributed by atoms with Gasteiger partial charge in [-0.15, -0.1) is 0 Å². The van der Waals surface area contributed by atoms with Crippen LogP contribution in [0.25, 0.3) is 0 Å². The van der Waals surface area contributed by atoms with Crippen LogP contribution in [0, 0.1) is 6.92 Å². The van der Waals surface area contributed by atoms with E-state index in [9.17, 15) is 14.4 Å². The van der Waals surface area contributed by atoms with Crippen LogP contribution in [0.1, 0.15) is 16.9 Å². The molecule has 1 atom stereocenters. The number of nitrogens with one attached hydrogen (secondary N) is 1. The molecule has 0 saturated carbocycles. The molecule has 0 fully saturated rings. The minimum atomic E-state index is -1.85. The molecule has 3 heterocycles. The van der Waals surface area contributed by atoms with Crippen LogP contribution < -0.4 is 21.4 Å². The van der Waals surface area contributed by atoms with Gasteiger partial charge in [0.25, 0.3) is 0 Å². The fraction of sp³-hybridized carbons (Fsp3) is 0.167. The number of nitrogens with two attached hydrogens (primary N) is 1. The third-order valence-electron chi connectivity index (χ3n) is 4.62. The first-order chi connectivity index (χ1) is 12.8. The molecule has 138 valence electrons. The van der Waals surface area contributed by atoms with E-state index in [0.29, 0.717) is 15.7 Å². The summed E-state index contributed by atoms with van der Waals surface area (Å²) in [6.07, 6.45) is 0. The van der Waals surface area contributed by atoms with Gasteiger partial charge in [0.05, 0.1) is 7.11 Å². The molecule has 1 aromatic heterocycles. The number of halogens is 1. The lowest BCUT2D eigenvalue weighted by atomic mass is 9.69. The highest BCUT2D eigenvalue weighted by Gasteiger charge is 2.60. The highest BCUT2D eigenvalue weighted by atomic mass is 79.9. The first-order valence-electron chi connectivity index (χ1n) is 7.83. The predicted octanol–water partition coefficient (Wildman–Crippen LogP) is 1.68. The minimum absolute atomic E-state index is 0.0527. The van der Waals surface area contributed by atoms with Crippen molar-refractivity contribution < 1.29 is 23.5 Å². The monoisotopic (exact) mass is 432 g/mol. The Hall–Kier alpha value is -3.07. The summed E-state index contributed by atoms with van der Waals surface area (Å²) >= 11 is 3.36. The summed E-state index contributed by atoms with van der Waals surface area (Å²) in [5, 5.41) is 2.70. The van der Waals surface area contributed by atoms with Crippen molar-refractivity contribution in [2.45, 2.75) is 12.3 Å². The Balaban J connectivity index is 2.21. The topological polar surface area (TPSA) is 121 Å². The van der Waals surface area contributed by atoms with Gasteiger partial charge in [-0.1, -0.05) is 15.9 Å². The molecule has 0 saturated heterocycles. The highest BCUT2D eigenvalue weighted by molar-refractivity contribution is 9.10. The van der Waals surface area contributed by atoms with Crippen molar-refractivity contribution in [1.82, 2.24) is 0 Å². The predicted molar refractivity (Wildman–Crippen MR) is 97.1 cm³/mol. The number of amides is 1. The van der Waals surface area contributed by atoms with E-state index in [2.05, 4.69) is 21.2 Å². The van der Waals surface area contributed by atoms with E-state index < -0.39 is 22.9 Å². The number of esters is 1. The van der Waals surface area contributed by atoms with Crippen molar-refractivity contribution in [2.24, 2.45) is 5.73 Å². The molecule has 9 heteroatoms. The molecule has 3 N–H and O–H groups in total. The van der Waals surface area contributed by atoms with E-state index in [-0.39, 0.29) is 28.5 Å². The number of benzene rings is 1. The molecule has 2 aromatic rings. The SMILES string of the molecule is COC(=O)C1=C(N)Oc2cc(C)oc(=O)c2C12C(=O)Nc1ccc(Br)cc12. The largest absolute Gasteiger partial charge is 0.465 e. The molecule has 2 aliphatic heterocycles. The van der Waals surface area contributed by atoms with Crippen LogP contribution in [0.2, 0.25) is 0 Å². The molecule has 1 amide bonds. The normalized spacial score (nSPS) is 20.0. The number of hydrogen-bond acceptors (Lipinski definition) is 7. The Bertz CT molecular complexity index is 1120. The molecular weight excluding hydrogens is 420 g/mol. The second-order valence-electron chi connectivity index (χ2n) is 6.11. The van der Waals surface area contributed by atoms with Gasteiger partial charge in [0.1, 0.15) is 28.1 Å². The number of hydrogen-bond donors (Lipinski definition) is 2. The smallest absolute Gasteiger partial charge is 0.344 e. The number of fused-ring (bicyclic) bond motifs is 4. The van der Waals surface area contributed by atoms with Crippen molar-refractivity contribution in [1.29, 1.82) is 0 Å². The lowest BCUT2D eigenvalue weighted by Gasteiger charge is -2.34. The Labute approximate surface area is 161 Å². The average Bonchev–Trinajstić information content (AvgIpc) is 2.86. The highest BCUT2D eigenvalue weighted by Crippen LogP contribution is 2.53. The zero-order valence-corrected chi connectivity index (χ0v) is 15.8. The van der Waals surface area contributed by atoms with Gasteiger partial charge in [-0.25, -0.2) is 9.59 Å². The molecule has 0 bridgehead atoms. The molecule has 0 aliphatic carbocycles. The van der Waals surface area contributed by atoms with Crippen molar-refractivity contribution >= 4 is 33.5 Å². The fourth-order valence-electron chi connectivity index (χ4n) is 3.61. The number of carbonyl (C=O) groups excluding carboxylic acids is 2. The third kappa shape index (κ3) is 2.18. The van der Waals surface area contributed by atoms with E-state index in [1.807, 2.05) is 0 Å². The summed E-state index contributed by atoms with van der Waals surface area (Å²) in [6.45, 7) is 1.56. The van der Waals surface area contributed by atoms with Crippen LogP contribution in [0.3, 0.4) is 0 Å². The van der Waals surface area contributed by atoms with E-state index in [0.717, 1.165) is 7.11 Å². The Kier molecular flexibility index (Phi) is 3.67. The van der Waals surface area contributed by atoms with Gasteiger partial charge in [0.15, 0.2) is 0 Å². The van der Waals surface area contributed by atoms with E-state index in [4.69, 9.17) is 19.6 Å². The number of rotatable bonds is 1. The summed E-state index contributed by atoms with van der Waals surface area (Å²) in [7, 11) is 1.15. The van der Waals surface area contributed by atoms with E-state index >= 15 is 0 Å². The van der Waals surface area contributed by atoms with Gasteiger partial charge in [-0.05, 0) is 25.1 Å². The van der Waals surface area contributed by atoms with Crippen molar-refractivity contribution in [3.05, 3.63) is 67.5 Å². The van der Waals surface area contributed by atoms with Crippen LogP contribution in [-0.4, -0.2) is 19.0 Å². The van der Waals surface area contributed by atoms with Gasteiger partial charge in [-0.3, -0.25) is 4.79 Å². The zero-order chi connectivity index (χ0) is 19.5. The Morgan fingerprint density at radius 1 is 1.30 bits per heavy atom. The van der Waals surface area contributed by atoms with Crippen molar-refractivity contribution in [3.63, 3.8) is 0 Å². The second-order valence-corrected chi connectivity index (χ2v) is 7.03. The van der Waals surface area contributed by atoms with Crippen LogP contribution in [0.15, 0.2) is 49.4 Å². The van der Waals surface area contributed by atoms with Gasteiger partial charge in [0.2, 0.25) is 11.8 Å². The van der Waals surface area contributed by atoms with Gasteiger partial charge >= 0.3 is 11.6 Å². The van der Waals surface area contributed by atoms with Crippen LogP contribution in [-0.2, 0) is 19.7 Å². The van der Waals surface area contributed by atoms with Crippen molar-refractivity contribution in [3.8, 4) is 5.75 Å². The maximum atomic E-state index is 13.2. The molecule has 4 rings (SSSR count). The standard InChI is InChI=1S/C18H13BrN2O6/c1-7-5-11-12(16(23)26-7)18(13(14(20)27-11)15(22)25-2)9-6-8(19)3-4-10(9)21-17(18)24/h3-6H,20H2,1-2H3,(H,21,24). The van der Waals surface area contributed by atoms with Crippen LogP contribution >= 0.6 is 15.9 Å². The zero-order valence-electron chi connectivity index (χ0n) is 14.2.